The van der Waals surface area contributed by atoms with Crippen LogP contribution in [0.3, 0.4) is 0 Å². The lowest BCUT2D eigenvalue weighted by Crippen LogP contribution is -2.36. The molecule has 2 aromatic heterocycles. The normalized spacial score (nSPS) is 15.6. The molecule has 8 nitrogen and oxygen atoms in total. The van der Waals surface area contributed by atoms with Crippen LogP contribution in [0.15, 0.2) is 65.6 Å². The fraction of sp³-hybridized carbons (Fsp3) is 0.280. The summed E-state index contributed by atoms with van der Waals surface area (Å²) in [5.74, 6) is 1.39. The van der Waals surface area contributed by atoms with Crippen molar-refractivity contribution in [2.45, 2.75) is 38.4 Å². The summed E-state index contributed by atoms with van der Waals surface area (Å²) in [7, 11) is 1.62. The minimum atomic E-state index is -0.125. The molecule has 0 saturated carbocycles. The summed E-state index contributed by atoms with van der Waals surface area (Å²) in [5.41, 5.74) is 2.24. The van der Waals surface area contributed by atoms with Gasteiger partial charge in [0, 0.05) is 36.2 Å². The quantitative estimate of drug-likeness (QED) is 0.512. The van der Waals surface area contributed by atoms with Crippen LogP contribution in [0.1, 0.15) is 34.6 Å². The summed E-state index contributed by atoms with van der Waals surface area (Å²) in [6.45, 7) is 0.916. The highest BCUT2D eigenvalue weighted by molar-refractivity contribution is 6.06. The van der Waals surface area contributed by atoms with Gasteiger partial charge in [-0.25, -0.2) is 9.48 Å². The zero-order chi connectivity index (χ0) is 22.8. The summed E-state index contributed by atoms with van der Waals surface area (Å²) < 4.78 is 8.51. The Balaban J connectivity index is 1.29. The van der Waals surface area contributed by atoms with Crippen LogP contribution >= 0.6 is 0 Å². The van der Waals surface area contributed by atoms with E-state index in [9.17, 15) is 9.59 Å². The molecule has 1 aliphatic rings. The van der Waals surface area contributed by atoms with Crippen molar-refractivity contribution in [2.24, 2.45) is 0 Å². The van der Waals surface area contributed by atoms with Gasteiger partial charge in [0.15, 0.2) is 0 Å². The Morgan fingerprint density at radius 2 is 2.03 bits per heavy atom. The number of methoxy groups -OCH3 is 1. The van der Waals surface area contributed by atoms with Crippen LogP contribution in [0.5, 0.6) is 5.75 Å². The average Bonchev–Trinajstić information content (AvgIpc) is 3.00. The molecule has 0 saturated heterocycles. The van der Waals surface area contributed by atoms with Crippen LogP contribution in [0.2, 0.25) is 0 Å². The molecule has 0 aliphatic carbocycles. The molecular formula is C25H25N5O3. The lowest BCUT2D eigenvalue weighted by Gasteiger charge is -2.16. The van der Waals surface area contributed by atoms with Crippen LogP contribution in [-0.4, -0.2) is 38.4 Å². The van der Waals surface area contributed by atoms with Gasteiger partial charge in [-0.1, -0.05) is 24.3 Å². The molecule has 1 aliphatic heterocycles. The third kappa shape index (κ3) is 4.24. The zero-order valence-corrected chi connectivity index (χ0v) is 18.4. The maximum atomic E-state index is 13.0. The van der Waals surface area contributed by atoms with Gasteiger partial charge >= 0.3 is 5.69 Å². The summed E-state index contributed by atoms with van der Waals surface area (Å²) in [6.07, 6.45) is 3.75. The van der Waals surface area contributed by atoms with Crippen LogP contribution in [0.25, 0.3) is 10.9 Å². The first-order valence-electron chi connectivity index (χ1n) is 11.1. The molecular weight excluding hydrogens is 418 g/mol. The summed E-state index contributed by atoms with van der Waals surface area (Å²) in [6, 6.07) is 16.9. The summed E-state index contributed by atoms with van der Waals surface area (Å²) >= 11 is 0. The predicted molar refractivity (Wildman–Crippen MR) is 125 cm³/mol. The van der Waals surface area contributed by atoms with Gasteiger partial charge in [0.25, 0.3) is 5.91 Å². The second kappa shape index (κ2) is 8.90. The molecule has 1 N–H and O–H groups in total. The third-order valence-electron chi connectivity index (χ3n) is 6.11. The maximum absolute atomic E-state index is 13.0. The molecule has 1 amide bonds. The van der Waals surface area contributed by atoms with Crippen LogP contribution in [-0.2, 0) is 19.5 Å². The number of nitrogens with one attached hydrogen (secondary N) is 1. The monoisotopic (exact) mass is 443 g/mol. The first-order valence-corrected chi connectivity index (χ1v) is 11.1. The zero-order valence-electron chi connectivity index (χ0n) is 18.4. The minimum absolute atomic E-state index is 0.0302. The van der Waals surface area contributed by atoms with E-state index >= 15 is 0 Å². The number of hydrogen-bond donors (Lipinski definition) is 1. The Morgan fingerprint density at radius 3 is 2.91 bits per heavy atom. The van der Waals surface area contributed by atoms with Crippen molar-refractivity contribution in [1.29, 1.82) is 0 Å². The van der Waals surface area contributed by atoms with Crippen molar-refractivity contribution in [3.8, 4) is 5.75 Å². The van der Waals surface area contributed by atoms with Crippen LogP contribution in [0, 0.1) is 0 Å². The molecule has 33 heavy (non-hydrogen) atoms. The number of ether oxygens (including phenoxy) is 1. The Morgan fingerprint density at radius 1 is 1.15 bits per heavy atom. The van der Waals surface area contributed by atoms with Gasteiger partial charge in [-0.2, -0.15) is 5.10 Å². The number of fused-ring (bicyclic) bond motifs is 2. The van der Waals surface area contributed by atoms with Crippen molar-refractivity contribution < 1.29 is 9.53 Å². The third-order valence-corrected chi connectivity index (χ3v) is 6.11. The SMILES string of the molecule is COc1cccc(Cn2nc3n(c2=O)CCC(NC(=O)c2cccc4ncccc24)CC3)c1. The number of aryl methyl sites for hydroxylation is 1. The van der Waals surface area contributed by atoms with Crippen LogP contribution in [0.4, 0.5) is 0 Å². The first-order chi connectivity index (χ1) is 16.1. The highest BCUT2D eigenvalue weighted by Gasteiger charge is 2.23. The maximum Gasteiger partial charge on any atom is 0.346 e. The van der Waals surface area contributed by atoms with E-state index in [2.05, 4.69) is 15.4 Å². The van der Waals surface area contributed by atoms with Gasteiger partial charge in [0.2, 0.25) is 0 Å². The topological polar surface area (TPSA) is 91.0 Å². The van der Waals surface area contributed by atoms with E-state index < -0.39 is 0 Å². The molecule has 3 heterocycles. The number of nitrogens with zero attached hydrogens (tertiary/aromatic N) is 4. The number of carbonyl (C=O) groups is 1. The smallest absolute Gasteiger partial charge is 0.346 e. The number of hydrogen-bond acceptors (Lipinski definition) is 5. The molecule has 0 fully saturated rings. The van der Waals surface area contributed by atoms with Gasteiger partial charge < -0.3 is 10.1 Å². The number of carbonyl (C=O) groups excluding carboxylic acids is 1. The highest BCUT2D eigenvalue weighted by atomic mass is 16.5. The fourth-order valence-corrected chi connectivity index (χ4v) is 4.38. The van der Waals surface area contributed by atoms with Gasteiger partial charge in [-0.3, -0.25) is 14.3 Å². The van der Waals surface area contributed by atoms with Gasteiger partial charge in [0.1, 0.15) is 11.6 Å². The number of pyridine rings is 1. The molecule has 5 rings (SSSR count). The van der Waals surface area contributed by atoms with Crippen molar-refractivity contribution in [3.63, 3.8) is 0 Å². The second-order valence-electron chi connectivity index (χ2n) is 8.23. The average molecular weight is 444 g/mol. The Bertz CT molecular complexity index is 1370. The summed E-state index contributed by atoms with van der Waals surface area (Å²) in [5, 5.41) is 8.56. The Hall–Kier alpha value is -3.94. The number of amides is 1. The van der Waals surface area contributed by atoms with E-state index in [-0.39, 0.29) is 17.6 Å². The van der Waals surface area contributed by atoms with Crippen molar-refractivity contribution in [3.05, 3.63) is 88.2 Å². The molecule has 168 valence electrons. The van der Waals surface area contributed by atoms with E-state index in [0.717, 1.165) is 34.5 Å². The number of aromatic nitrogens is 4. The Labute approximate surface area is 190 Å². The molecule has 4 aromatic rings. The highest BCUT2D eigenvalue weighted by Crippen LogP contribution is 2.18. The summed E-state index contributed by atoms with van der Waals surface area (Å²) in [4.78, 5) is 30.3. The molecule has 1 unspecified atom stereocenters. The molecule has 2 aromatic carbocycles. The fourth-order valence-electron chi connectivity index (χ4n) is 4.38. The van der Waals surface area contributed by atoms with E-state index in [1.165, 1.54) is 4.68 Å². The van der Waals surface area contributed by atoms with Crippen molar-refractivity contribution in [2.75, 3.05) is 7.11 Å². The van der Waals surface area contributed by atoms with Gasteiger partial charge in [0.05, 0.1) is 19.2 Å². The largest absolute Gasteiger partial charge is 0.497 e. The Kier molecular flexibility index (Phi) is 5.64. The van der Waals surface area contributed by atoms with Gasteiger partial charge in [-0.05, 0) is 48.7 Å². The van der Waals surface area contributed by atoms with Crippen molar-refractivity contribution >= 4 is 16.8 Å². The minimum Gasteiger partial charge on any atom is -0.497 e. The van der Waals surface area contributed by atoms with E-state index in [0.29, 0.717) is 31.5 Å². The predicted octanol–water partition coefficient (Wildman–Crippen LogP) is 2.78. The van der Waals surface area contributed by atoms with E-state index in [1.807, 2.05) is 54.6 Å². The molecule has 0 spiro atoms. The molecule has 0 bridgehead atoms. The number of benzene rings is 2. The number of rotatable bonds is 5. The van der Waals surface area contributed by atoms with E-state index in [1.54, 1.807) is 17.9 Å². The van der Waals surface area contributed by atoms with Crippen LogP contribution < -0.4 is 15.7 Å². The van der Waals surface area contributed by atoms with Crippen molar-refractivity contribution in [1.82, 2.24) is 24.6 Å². The lowest BCUT2D eigenvalue weighted by atomic mass is 10.1. The standard InChI is InChI=1S/C25H25N5O3/c1-33-19-6-2-5-17(15-19)16-30-25(32)29-14-12-18(10-11-23(29)28-30)27-24(31)21-7-3-9-22-20(21)8-4-13-26-22/h2-9,13,15,18H,10-12,14,16H2,1H3,(H,27,31). The molecule has 1 atom stereocenters. The first kappa shape index (κ1) is 20.9. The van der Waals surface area contributed by atoms with Gasteiger partial charge in [-0.15, -0.1) is 0 Å². The lowest BCUT2D eigenvalue weighted by molar-refractivity contribution is 0.0934. The van der Waals surface area contributed by atoms with E-state index in [4.69, 9.17) is 4.74 Å². The second-order valence-corrected chi connectivity index (χ2v) is 8.23. The molecule has 0 radical (unpaired) electrons. The molecule has 8 heteroatoms.